The van der Waals surface area contributed by atoms with Gasteiger partial charge in [-0.05, 0) is 18.4 Å². The summed E-state index contributed by atoms with van der Waals surface area (Å²) in [5.74, 6) is -1.27. The molecule has 0 N–H and O–H groups in total. The van der Waals surface area contributed by atoms with Crippen LogP contribution in [-0.2, 0) is 0 Å². The molecule has 0 aliphatic heterocycles. The van der Waals surface area contributed by atoms with Gasteiger partial charge in [-0.1, -0.05) is 6.07 Å². The normalized spacial score (nSPS) is 12.4. The summed E-state index contributed by atoms with van der Waals surface area (Å²) < 4.78 is 74.1. The number of alkyl halides is 6. The average molecular weight is 288 g/mol. The summed E-state index contributed by atoms with van der Waals surface area (Å²) in [5.41, 5.74) is -4.11. The third-order valence-electron chi connectivity index (χ3n) is 2.03. The number of thiophene rings is 1. The van der Waals surface area contributed by atoms with Crippen LogP contribution in [0, 0.1) is 0 Å². The quantitative estimate of drug-likeness (QED) is 0.448. The van der Waals surface area contributed by atoms with Gasteiger partial charge in [0, 0.05) is 5.57 Å². The van der Waals surface area contributed by atoms with Gasteiger partial charge in [-0.2, -0.15) is 26.3 Å². The first kappa shape index (κ1) is 14.7. The molecule has 0 aliphatic carbocycles. The Bertz CT molecular complexity index is 450. The lowest BCUT2D eigenvalue weighted by molar-refractivity contribution is -0.172. The first-order valence-electron chi connectivity index (χ1n) is 4.48. The van der Waals surface area contributed by atoms with Crippen LogP contribution in [-0.4, -0.2) is 18.1 Å². The Morgan fingerprint density at radius 2 is 1.61 bits per heavy atom. The van der Waals surface area contributed by atoms with Gasteiger partial charge in [0.25, 0.3) is 0 Å². The van der Waals surface area contributed by atoms with Gasteiger partial charge in [0.1, 0.15) is 5.57 Å². The van der Waals surface area contributed by atoms with Crippen molar-refractivity contribution in [2.24, 2.45) is 0 Å². The molecule has 0 saturated carbocycles. The fourth-order valence-electron chi connectivity index (χ4n) is 1.29. The molecule has 0 unspecified atom stereocenters. The van der Waals surface area contributed by atoms with E-state index in [1.807, 2.05) is 0 Å². The minimum atomic E-state index is -5.62. The van der Waals surface area contributed by atoms with Crippen LogP contribution >= 0.6 is 11.3 Å². The highest BCUT2D eigenvalue weighted by Gasteiger charge is 2.53. The number of ketones is 1. The number of carbonyl (C=O) groups excluding carboxylic acids is 1. The van der Waals surface area contributed by atoms with Crippen molar-refractivity contribution >= 4 is 17.1 Å². The van der Waals surface area contributed by atoms with E-state index >= 15 is 0 Å². The lowest BCUT2D eigenvalue weighted by atomic mass is 10.0. The van der Waals surface area contributed by atoms with Crippen molar-refractivity contribution in [2.75, 3.05) is 0 Å². The van der Waals surface area contributed by atoms with Gasteiger partial charge < -0.3 is 0 Å². The molecule has 0 aromatic carbocycles. The molecule has 0 amide bonds. The molecule has 0 aliphatic rings. The molecule has 0 radical (unpaired) electrons. The van der Waals surface area contributed by atoms with E-state index in [1.54, 1.807) is 0 Å². The maximum atomic E-state index is 12.3. The number of carbonyl (C=O) groups is 1. The number of halogens is 6. The van der Waals surface area contributed by atoms with Gasteiger partial charge in [0.05, 0.1) is 4.88 Å². The highest BCUT2D eigenvalue weighted by Crippen LogP contribution is 2.41. The lowest BCUT2D eigenvalue weighted by Crippen LogP contribution is -2.29. The molecule has 18 heavy (non-hydrogen) atoms. The van der Waals surface area contributed by atoms with Crippen LogP contribution in [0.3, 0.4) is 0 Å². The van der Waals surface area contributed by atoms with Crippen molar-refractivity contribution < 1.29 is 31.1 Å². The summed E-state index contributed by atoms with van der Waals surface area (Å²) in [6.07, 6.45) is -11.2. The minimum Gasteiger partial charge on any atom is -0.288 e. The molecule has 0 saturated heterocycles. The van der Waals surface area contributed by atoms with E-state index in [2.05, 4.69) is 0 Å². The number of hydrogen-bond donors (Lipinski definition) is 0. The van der Waals surface area contributed by atoms with Crippen molar-refractivity contribution in [3.8, 4) is 0 Å². The van der Waals surface area contributed by atoms with Crippen LogP contribution in [0.4, 0.5) is 26.3 Å². The largest absolute Gasteiger partial charge is 0.421 e. The number of rotatable bonds is 2. The van der Waals surface area contributed by atoms with Crippen molar-refractivity contribution in [1.29, 1.82) is 0 Å². The first-order valence-corrected chi connectivity index (χ1v) is 5.36. The van der Waals surface area contributed by atoms with Crippen LogP contribution in [0.2, 0.25) is 0 Å². The monoisotopic (exact) mass is 288 g/mol. The summed E-state index contributed by atoms with van der Waals surface area (Å²) >= 11 is 0.780. The maximum absolute atomic E-state index is 12.3. The summed E-state index contributed by atoms with van der Waals surface area (Å²) in [4.78, 5) is 11.3. The van der Waals surface area contributed by atoms with E-state index in [0.717, 1.165) is 11.3 Å². The van der Waals surface area contributed by atoms with Crippen molar-refractivity contribution in [3.05, 3.63) is 33.5 Å². The Labute approximate surface area is 102 Å². The Hall–Kier alpha value is -1.31. The third-order valence-corrected chi connectivity index (χ3v) is 2.90. The predicted molar refractivity (Wildman–Crippen MR) is 53.5 cm³/mol. The molecule has 1 aromatic rings. The zero-order chi connectivity index (χ0) is 14.1. The van der Waals surface area contributed by atoms with Crippen molar-refractivity contribution in [3.63, 3.8) is 0 Å². The molecule has 1 rings (SSSR count). The Kier molecular flexibility index (Phi) is 3.89. The molecule has 100 valence electrons. The number of Topliss-reactive ketones (excluding diaryl/α,β-unsaturated/α-hetero) is 1. The van der Waals surface area contributed by atoms with Gasteiger partial charge in [-0.25, -0.2) is 0 Å². The fourth-order valence-corrected chi connectivity index (χ4v) is 2.01. The number of hydrogen-bond acceptors (Lipinski definition) is 2. The smallest absolute Gasteiger partial charge is 0.288 e. The van der Waals surface area contributed by atoms with Gasteiger partial charge in [-0.3, -0.25) is 4.79 Å². The third kappa shape index (κ3) is 3.12. The van der Waals surface area contributed by atoms with Crippen LogP contribution in [0.1, 0.15) is 16.6 Å². The first-order chi connectivity index (χ1) is 8.05. The lowest BCUT2D eigenvalue weighted by Gasteiger charge is -2.17. The molecule has 1 aromatic heterocycles. The average Bonchev–Trinajstić information content (AvgIpc) is 2.63. The van der Waals surface area contributed by atoms with E-state index in [9.17, 15) is 31.1 Å². The molecular weight excluding hydrogens is 282 g/mol. The molecule has 0 atom stereocenters. The summed E-state index contributed by atoms with van der Waals surface area (Å²) in [6.45, 7) is 0.526. The van der Waals surface area contributed by atoms with Crippen LogP contribution in [0.25, 0.3) is 0 Å². The van der Waals surface area contributed by atoms with Crippen molar-refractivity contribution in [1.82, 2.24) is 0 Å². The minimum absolute atomic E-state index is 0.168. The Balaban J connectivity index is 3.34. The Morgan fingerprint density at radius 1 is 1.11 bits per heavy atom. The maximum Gasteiger partial charge on any atom is 0.421 e. The molecule has 1 heterocycles. The topological polar surface area (TPSA) is 17.1 Å². The second-order valence-electron chi connectivity index (χ2n) is 3.30. The molecule has 0 fully saturated rings. The van der Waals surface area contributed by atoms with E-state index < -0.39 is 29.3 Å². The molecule has 0 bridgehead atoms. The predicted octanol–water partition coefficient (Wildman–Crippen LogP) is 4.37. The zero-order valence-electron chi connectivity index (χ0n) is 8.82. The Morgan fingerprint density at radius 3 is 1.94 bits per heavy atom. The van der Waals surface area contributed by atoms with E-state index in [-0.39, 0.29) is 4.88 Å². The van der Waals surface area contributed by atoms with E-state index in [1.165, 1.54) is 17.5 Å². The zero-order valence-corrected chi connectivity index (χ0v) is 9.63. The van der Waals surface area contributed by atoms with E-state index in [0.29, 0.717) is 6.92 Å². The summed E-state index contributed by atoms with van der Waals surface area (Å²) in [5, 5.41) is 1.39. The molecule has 0 spiro atoms. The highest BCUT2D eigenvalue weighted by molar-refractivity contribution is 7.12. The summed E-state index contributed by atoms with van der Waals surface area (Å²) in [6, 6.07) is 2.53. The molecule has 1 nitrogen and oxygen atoms in total. The van der Waals surface area contributed by atoms with Gasteiger partial charge in [0.2, 0.25) is 0 Å². The second kappa shape index (κ2) is 4.75. The second-order valence-corrected chi connectivity index (χ2v) is 4.25. The fraction of sp³-hybridized carbons (Fsp3) is 0.300. The molecular formula is C10H6F6OS. The van der Waals surface area contributed by atoms with E-state index in [4.69, 9.17) is 0 Å². The highest BCUT2D eigenvalue weighted by atomic mass is 32.1. The van der Waals surface area contributed by atoms with Crippen molar-refractivity contribution in [2.45, 2.75) is 19.3 Å². The van der Waals surface area contributed by atoms with Crippen LogP contribution < -0.4 is 0 Å². The summed E-state index contributed by atoms with van der Waals surface area (Å²) in [7, 11) is 0. The van der Waals surface area contributed by atoms with Gasteiger partial charge >= 0.3 is 12.4 Å². The van der Waals surface area contributed by atoms with Crippen LogP contribution in [0.5, 0.6) is 0 Å². The number of allylic oxidation sites excluding steroid dienone is 2. The molecule has 8 heteroatoms. The van der Waals surface area contributed by atoms with Gasteiger partial charge in [-0.15, -0.1) is 11.3 Å². The van der Waals surface area contributed by atoms with Crippen LogP contribution in [0.15, 0.2) is 28.7 Å². The standard InChI is InChI=1S/C10H6F6OS/c1-5(7(17)6-3-2-4-18-6)8(9(11,12)13)10(14,15)16/h2-4H,1H3. The van der Waals surface area contributed by atoms with Gasteiger partial charge in [0.15, 0.2) is 5.78 Å². The SMILES string of the molecule is CC(C(=O)c1cccs1)=C(C(F)(F)F)C(F)(F)F.